The van der Waals surface area contributed by atoms with Crippen LogP contribution in [0.5, 0.6) is 0 Å². The summed E-state index contributed by atoms with van der Waals surface area (Å²) in [6, 6.07) is 7.97. The summed E-state index contributed by atoms with van der Waals surface area (Å²) < 4.78 is 16.3. The van der Waals surface area contributed by atoms with Gasteiger partial charge in [0.2, 0.25) is 0 Å². The predicted molar refractivity (Wildman–Crippen MR) is 66.9 cm³/mol. The molecule has 0 fully saturated rings. The van der Waals surface area contributed by atoms with Gasteiger partial charge < -0.3 is 9.73 Å². The number of furan rings is 1. The molecule has 1 heterocycles. The summed E-state index contributed by atoms with van der Waals surface area (Å²) >= 11 is 0. The van der Waals surface area contributed by atoms with E-state index in [2.05, 4.69) is 5.32 Å². The van der Waals surface area contributed by atoms with Gasteiger partial charge in [-0.25, -0.2) is 0 Å². The largest absolute Gasteiger partial charge is 0.464 e. The van der Waals surface area contributed by atoms with Crippen molar-refractivity contribution in [3.63, 3.8) is 0 Å². The number of benzene rings is 1. The summed E-state index contributed by atoms with van der Waals surface area (Å²) in [5.41, 5.74) is 2.07. The van der Waals surface area contributed by atoms with Crippen molar-refractivity contribution in [2.24, 2.45) is 0 Å². The molecule has 86 valence electrons. The number of para-hydroxylation sites is 1. The molecule has 1 atom stereocenters. The summed E-state index contributed by atoms with van der Waals surface area (Å²) in [4.78, 5) is 0. The zero-order valence-electron chi connectivity index (χ0n) is 9.23. The Morgan fingerprint density at radius 2 is 2.19 bits per heavy atom. The second kappa shape index (κ2) is 5.27. The van der Waals surface area contributed by atoms with Crippen molar-refractivity contribution in [3.05, 3.63) is 36.1 Å². The Hall–Kier alpha value is -1.13. The van der Waals surface area contributed by atoms with Crippen molar-refractivity contribution < 1.29 is 8.63 Å². The van der Waals surface area contributed by atoms with Crippen molar-refractivity contribution in [1.82, 2.24) is 5.32 Å². The Morgan fingerprint density at radius 1 is 1.38 bits per heavy atom. The van der Waals surface area contributed by atoms with E-state index in [-0.39, 0.29) is 0 Å². The molecule has 1 aromatic heterocycles. The van der Waals surface area contributed by atoms with E-state index in [1.807, 2.05) is 24.3 Å². The molecule has 0 saturated carbocycles. The average Bonchev–Trinajstić information content (AvgIpc) is 2.68. The maximum atomic E-state index is 10.9. The Morgan fingerprint density at radius 3 is 3.00 bits per heavy atom. The highest BCUT2D eigenvalue weighted by Crippen LogP contribution is 2.20. The number of nitrogens with one attached hydrogen (secondary N) is 1. The predicted octanol–water partition coefficient (Wildman–Crippen LogP) is 1.90. The maximum absolute atomic E-state index is 10.9. The first-order chi connectivity index (χ1) is 7.77. The first-order valence-corrected chi connectivity index (χ1v) is 6.96. The summed E-state index contributed by atoms with van der Waals surface area (Å²) in [7, 11) is -0.727. The van der Waals surface area contributed by atoms with E-state index < -0.39 is 10.8 Å². The Balaban J connectivity index is 1.97. The monoisotopic (exact) mass is 237 g/mol. The van der Waals surface area contributed by atoms with Gasteiger partial charge in [0.15, 0.2) is 0 Å². The van der Waals surface area contributed by atoms with Crippen molar-refractivity contribution in [3.8, 4) is 0 Å². The lowest BCUT2D eigenvalue weighted by molar-refractivity contribution is 0.604. The van der Waals surface area contributed by atoms with Crippen LogP contribution in [0.25, 0.3) is 11.0 Å². The van der Waals surface area contributed by atoms with Crippen LogP contribution in [0.4, 0.5) is 0 Å². The van der Waals surface area contributed by atoms with Crippen molar-refractivity contribution in [2.75, 3.05) is 18.6 Å². The Bertz CT molecular complexity index is 492. The smallest absolute Gasteiger partial charge is 0.134 e. The molecule has 1 aromatic carbocycles. The van der Waals surface area contributed by atoms with Crippen LogP contribution in [0, 0.1) is 0 Å². The molecule has 0 amide bonds. The van der Waals surface area contributed by atoms with Gasteiger partial charge in [-0.15, -0.1) is 0 Å². The van der Waals surface area contributed by atoms with Crippen LogP contribution in [0.1, 0.15) is 5.56 Å². The Kier molecular flexibility index (Phi) is 3.74. The second-order valence-electron chi connectivity index (χ2n) is 3.71. The Labute approximate surface area is 97.3 Å². The lowest BCUT2D eigenvalue weighted by atomic mass is 10.2. The van der Waals surface area contributed by atoms with Crippen LogP contribution in [0.3, 0.4) is 0 Å². The van der Waals surface area contributed by atoms with Crippen molar-refractivity contribution >= 4 is 21.8 Å². The van der Waals surface area contributed by atoms with Crippen LogP contribution >= 0.6 is 0 Å². The molecule has 0 spiro atoms. The van der Waals surface area contributed by atoms with E-state index in [4.69, 9.17) is 4.42 Å². The van der Waals surface area contributed by atoms with E-state index in [1.54, 1.807) is 12.5 Å². The lowest BCUT2D eigenvalue weighted by Gasteiger charge is -2.01. The lowest BCUT2D eigenvalue weighted by Crippen LogP contribution is -2.19. The molecule has 1 N–H and O–H groups in total. The number of fused-ring (bicyclic) bond motifs is 1. The van der Waals surface area contributed by atoms with Gasteiger partial charge in [-0.3, -0.25) is 4.21 Å². The van der Waals surface area contributed by atoms with Crippen molar-refractivity contribution in [2.45, 2.75) is 6.54 Å². The van der Waals surface area contributed by atoms with E-state index in [1.165, 1.54) is 0 Å². The average molecular weight is 237 g/mol. The van der Waals surface area contributed by atoms with Gasteiger partial charge in [0.05, 0.1) is 6.26 Å². The third-order valence-corrected chi connectivity index (χ3v) is 3.22. The van der Waals surface area contributed by atoms with Gasteiger partial charge in [0.25, 0.3) is 0 Å². The third-order valence-electron chi connectivity index (χ3n) is 2.44. The summed E-state index contributed by atoms with van der Waals surface area (Å²) in [6.45, 7) is 1.52. The van der Waals surface area contributed by atoms with Gasteiger partial charge in [0.1, 0.15) is 5.58 Å². The van der Waals surface area contributed by atoms with Gasteiger partial charge in [-0.2, -0.15) is 0 Å². The molecular formula is C12H15NO2S. The molecule has 0 aliphatic heterocycles. The molecule has 0 radical (unpaired) electrons. The van der Waals surface area contributed by atoms with E-state index in [0.717, 1.165) is 29.6 Å². The van der Waals surface area contributed by atoms with Crippen molar-refractivity contribution in [1.29, 1.82) is 0 Å². The third kappa shape index (κ3) is 2.71. The summed E-state index contributed by atoms with van der Waals surface area (Å²) in [6.07, 6.45) is 3.50. The molecule has 1 unspecified atom stereocenters. The van der Waals surface area contributed by atoms with Gasteiger partial charge in [-0.1, -0.05) is 18.2 Å². The van der Waals surface area contributed by atoms with E-state index >= 15 is 0 Å². The molecule has 4 heteroatoms. The molecule has 16 heavy (non-hydrogen) atoms. The normalized spacial score (nSPS) is 13.1. The second-order valence-corrected chi connectivity index (χ2v) is 5.27. The fraction of sp³-hybridized carbons (Fsp3) is 0.333. The highest BCUT2D eigenvalue weighted by molar-refractivity contribution is 7.84. The van der Waals surface area contributed by atoms with Crippen LogP contribution in [0.15, 0.2) is 34.9 Å². The molecular weight excluding hydrogens is 222 g/mol. The maximum Gasteiger partial charge on any atom is 0.134 e. The molecule has 3 nitrogen and oxygen atoms in total. The molecule has 0 aliphatic carbocycles. The van der Waals surface area contributed by atoms with E-state index in [9.17, 15) is 4.21 Å². The first kappa shape index (κ1) is 11.4. The molecule has 0 aliphatic rings. The highest BCUT2D eigenvalue weighted by atomic mass is 32.2. The zero-order chi connectivity index (χ0) is 11.4. The molecule has 0 saturated heterocycles. The fourth-order valence-electron chi connectivity index (χ4n) is 1.61. The number of hydrogen-bond acceptors (Lipinski definition) is 3. The molecule has 0 bridgehead atoms. The SMILES string of the molecule is CS(=O)CCNCc1coc2ccccc12. The van der Waals surface area contributed by atoms with Crippen LogP contribution < -0.4 is 5.32 Å². The van der Waals surface area contributed by atoms with Gasteiger partial charge in [-0.05, 0) is 6.07 Å². The van der Waals surface area contributed by atoms with Crippen LogP contribution in [-0.4, -0.2) is 22.8 Å². The first-order valence-electron chi connectivity index (χ1n) is 5.23. The highest BCUT2D eigenvalue weighted by Gasteiger charge is 2.03. The topological polar surface area (TPSA) is 42.2 Å². The minimum Gasteiger partial charge on any atom is -0.464 e. The van der Waals surface area contributed by atoms with Gasteiger partial charge >= 0.3 is 0 Å². The van der Waals surface area contributed by atoms with E-state index in [0.29, 0.717) is 5.75 Å². The summed E-state index contributed by atoms with van der Waals surface area (Å²) in [5, 5.41) is 4.40. The fourth-order valence-corrected chi connectivity index (χ4v) is 2.04. The van der Waals surface area contributed by atoms with Gasteiger partial charge in [0, 0.05) is 46.8 Å². The minimum absolute atomic E-state index is 0.690. The molecule has 2 rings (SSSR count). The minimum atomic E-state index is -0.727. The number of hydrogen-bond donors (Lipinski definition) is 1. The zero-order valence-corrected chi connectivity index (χ0v) is 10.0. The number of rotatable bonds is 5. The quantitative estimate of drug-likeness (QED) is 0.808. The molecule has 2 aromatic rings. The summed E-state index contributed by atoms with van der Waals surface area (Å²) in [5.74, 6) is 0.690. The van der Waals surface area contributed by atoms with Crippen LogP contribution in [-0.2, 0) is 17.3 Å². The van der Waals surface area contributed by atoms with Crippen LogP contribution in [0.2, 0.25) is 0 Å². The standard InChI is InChI=1S/C12H15NO2S/c1-16(14)7-6-13-8-10-9-15-12-5-3-2-4-11(10)12/h2-5,9,13H,6-8H2,1H3.